The van der Waals surface area contributed by atoms with Crippen LogP contribution in [0.2, 0.25) is 0 Å². The minimum absolute atomic E-state index is 0.139. The van der Waals surface area contributed by atoms with E-state index < -0.39 is 5.97 Å². The fraction of sp³-hybridized carbons (Fsp3) is 0.364. The van der Waals surface area contributed by atoms with Gasteiger partial charge in [0.15, 0.2) is 6.61 Å². The number of likely N-dealkylation sites (N-methyl/N-ethyl adjacent to an activating group) is 1. The molecule has 1 saturated heterocycles. The molecule has 0 saturated carbocycles. The molecule has 0 spiro atoms. The molecule has 1 amide bonds. The van der Waals surface area contributed by atoms with Gasteiger partial charge in [-0.05, 0) is 54.8 Å². The van der Waals surface area contributed by atoms with Crippen molar-refractivity contribution in [3.05, 3.63) is 64.1 Å². The summed E-state index contributed by atoms with van der Waals surface area (Å²) in [6.45, 7) is 1.43. The highest BCUT2D eigenvalue weighted by molar-refractivity contribution is 9.10. The third kappa shape index (κ3) is 6.58. The summed E-state index contributed by atoms with van der Waals surface area (Å²) in [6, 6.07) is 14.4. The highest BCUT2D eigenvalue weighted by Gasteiger charge is 2.17. The first kappa shape index (κ1) is 21.3. The monoisotopic (exact) mass is 461 g/mol. The topological polar surface area (TPSA) is 65.1 Å². The zero-order chi connectivity index (χ0) is 20.6. The van der Waals surface area contributed by atoms with Gasteiger partial charge in [-0.3, -0.25) is 4.79 Å². The molecule has 1 aliphatic heterocycles. The average molecular weight is 462 g/mol. The van der Waals surface area contributed by atoms with Crippen molar-refractivity contribution in [1.82, 2.24) is 4.90 Å². The van der Waals surface area contributed by atoms with Crippen molar-refractivity contribution in [3.8, 4) is 5.75 Å². The summed E-state index contributed by atoms with van der Waals surface area (Å²) < 4.78 is 17.3. The van der Waals surface area contributed by atoms with Gasteiger partial charge in [-0.25, -0.2) is 4.79 Å². The van der Waals surface area contributed by atoms with Crippen molar-refractivity contribution in [2.45, 2.75) is 25.5 Å². The number of esters is 1. The molecular formula is C22H24BrNO5. The Balaban J connectivity index is 1.43. The van der Waals surface area contributed by atoms with E-state index in [0.717, 1.165) is 29.5 Å². The second-order valence-corrected chi connectivity index (χ2v) is 7.84. The lowest BCUT2D eigenvalue weighted by molar-refractivity contribution is -0.133. The average Bonchev–Trinajstić information content (AvgIpc) is 3.26. The number of benzene rings is 2. The van der Waals surface area contributed by atoms with Crippen LogP contribution < -0.4 is 4.74 Å². The van der Waals surface area contributed by atoms with E-state index >= 15 is 0 Å². The van der Waals surface area contributed by atoms with Gasteiger partial charge < -0.3 is 19.1 Å². The van der Waals surface area contributed by atoms with E-state index in [1.54, 1.807) is 31.3 Å². The third-order valence-corrected chi connectivity index (χ3v) is 5.16. The van der Waals surface area contributed by atoms with E-state index in [4.69, 9.17) is 14.2 Å². The maximum atomic E-state index is 12.2. The number of amides is 1. The molecule has 1 aliphatic rings. The van der Waals surface area contributed by atoms with Gasteiger partial charge in [0.1, 0.15) is 12.4 Å². The molecule has 29 heavy (non-hydrogen) atoms. The highest BCUT2D eigenvalue weighted by Crippen LogP contribution is 2.17. The maximum absolute atomic E-state index is 12.2. The van der Waals surface area contributed by atoms with E-state index in [1.807, 2.05) is 24.3 Å². The van der Waals surface area contributed by atoms with E-state index in [2.05, 4.69) is 15.9 Å². The lowest BCUT2D eigenvalue weighted by Crippen LogP contribution is -2.30. The van der Waals surface area contributed by atoms with Crippen molar-refractivity contribution in [2.24, 2.45) is 0 Å². The molecule has 0 bridgehead atoms. The van der Waals surface area contributed by atoms with Crippen LogP contribution in [0.25, 0.3) is 0 Å². The van der Waals surface area contributed by atoms with Gasteiger partial charge in [0.25, 0.3) is 5.91 Å². The first-order valence-electron chi connectivity index (χ1n) is 9.51. The first-order chi connectivity index (χ1) is 14.0. The molecule has 2 aromatic carbocycles. The molecular weight excluding hydrogens is 438 g/mol. The Morgan fingerprint density at radius 1 is 1.14 bits per heavy atom. The zero-order valence-electron chi connectivity index (χ0n) is 16.3. The highest BCUT2D eigenvalue weighted by atomic mass is 79.9. The zero-order valence-corrected chi connectivity index (χ0v) is 17.9. The van der Waals surface area contributed by atoms with Crippen LogP contribution in [0.5, 0.6) is 5.75 Å². The number of carbonyl (C=O) groups excluding carboxylic acids is 2. The molecule has 6 nitrogen and oxygen atoms in total. The minimum atomic E-state index is -0.541. The molecule has 1 heterocycles. The molecule has 154 valence electrons. The lowest BCUT2D eigenvalue weighted by Gasteiger charge is -2.17. The van der Waals surface area contributed by atoms with Gasteiger partial charge in [-0.15, -0.1) is 0 Å². The number of rotatable bonds is 8. The van der Waals surface area contributed by atoms with E-state index in [1.165, 1.54) is 4.90 Å². The number of carbonyl (C=O) groups is 2. The number of nitrogens with zero attached hydrogens (tertiary/aromatic N) is 1. The molecule has 1 fully saturated rings. The van der Waals surface area contributed by atoms with Crippen LogP contribution in [0.15, 0.2) is 53.0 Å². The smallest absolute Gasteiger partial charge is 0.338 e. The number of hydrogen-bond acceptors (Lipinski definition) is 5. The summed E-state index contributed by atoms with van der Waals surface area (Å²) in [4.78, 5) is 25.9. The lowest BCUT2D eigenvalue weighted by atomic mass is 10.2. The van der Waals surface area contributed by atoms with Gasteiger partial charge in [-0.1, -0.05) is 28.1 Å². The molecule has 0 aromatic heterocycles. The fourth-order valence-electron chi connectivity index (χ4n) is 2.92. The summed E-state index contributed by atoms with van der Waals surface area (Å²) >= 11 is 3.38. The molecule has 2 aromatic rings. The Morgan fingerprint density at radius 3 is 2.52 bits per heavy atom. The minimum Gasteiger partial charge on any atom is -0.491 e. The van der Waals surface area contributed by atoms with Crippen LogP contribution >= 0.6 is 15.9 Å². The quantitative estimate of drug-likeness (QED) is 0.559. The Morgan fingerprint density at radius 2 is 1.86 bits per heavy atom. The molecule has 0 N–H and O–H groups in total. The second kappa shape index (κ2) is 10.4. The molecule has 0 radical (unpaired) electrons. The second-order valence-electron chi connectivity index (χ2n) is 6.92. The van der Waals surface area contributed by atoms with Gasteiger partial charge in [0.05, 0.1) is 11.7 Å². The van der Waals surface area contributed by atoms with Gasteiger partial charge in [-0.2, -0.15) is 0 Å². The fourth-order valence-corrected chi connectivity index (χ4v) is 3.19. The van der Waals surface area contributed by atoms with Gasteiger partial charge in [0, 0.05) is 24.7 Å². The molecule has 1 atom stereocenters. The summed E-state index contributed by atoms with van der Waals surface area (Å²) in [7, 11) is 1.68. The Bertz CT molecular complexity index is 816. The summed E-state index contributed by atoms with van der Waals surface area (Å²) in [6.07, 6.45) is 2.21. The Kier molecular flexibility index (Phi) is 7.66. The van der Waals surface area contributed by atoms with Crippen LogP contribution in [-0.2, 0) is 20.8 Å². The molecule has 7 heteroatoms. The number of hydrogen-bond donors (Lipinski definition) is 0. The number of halogens is 1. The van der Waals surface area contributed by atoms with E-state index in [9.17, 15) is 9.59 Å². The normalized spacial score (nSPS) is 15.7. The third-order valence-electron chi connectivity index (χ3n) is 4.64. The first-order valence-corrected chi connectivity index (χ1v) is 10.3. The maximum Gasteiger partial charge on any atom is 0.338 e. The van der Waals surface area contributed by atoms with Crippen LogP contribution in [0.4, 0.5) is 0 Å². The number of ether oxygens (including phenoxy) is 3. The van der Waals surface area contributed by atoms with Crippen LogP contribution in [0.1, 0.15) is 28.8 Å². The van der Waals surface area contributed by atoms with E-state index in [0.29, 0.717) is 24.5 Å². The SMILES string of the molecule is CN(Cc1ccc(Br)cc1)C(=O)COC(=O)c1ccc(OCC2CCCO2)cc1. The molecule has 0 aliphatic carbocycles. The predicted molar refractivity (Wildman–Crippen MR) is 112 cm³/mol. The van der Waals surface area contributed by atoms with Crippen LogP contribution in [0.3, 0.4) is 0 Å². The Labute approximate surface area is 178 Å². The van der Waals surface area contributed by atoms with Crippen LogP contribution in [-0.4, -0.2) is 49.7 Å². The van der Waals surface area contributed by atoms with Crippen molar-refractivity contribution < 1.29 is 23.8 Å². The van der Waals surface area contributed by atoms with Crippen molar-refractivity contribution in [2.75, 3.05) is 26.9 Å². The van der Waals surface area contributed by atoms with Gasteiger partial charge >= 0.3 is 5.97 Å². The predicted octanol–water partition coefficient (Wildman–Crippen LogP) is 3.82. The van der Waals surface area contributed by atoms with E-state index in [-0.39, 0.29) is 18.6 Å². The molecule has 1 unspecified atom stereocenters. The standard InChI is InChI=1S/C22H24BrNO5/c1-24(13-16-4-8-18(23)9-5-16)21(25)15-29-22(26)17-6-10-19(11-7-17)28-14-20-3-2-12-27-20/h4-11,20H,2-3,12-15H2,1H3. The Hall–Kier alpha value is -2.38. The van der Waals surface area contributed by atoms with Crippen molar-refractivity contribution >= 4 is 27.8 Å². The van der Waals surface area contributed by atoms with Gasteiger partial charge in [0.2, 0.25) is 0 Å². The summed E-state index contributed by atoms with van der Waals surface area (Å²) in [5.41, 5.74) is 1.37. The molecule has 3 rings (SSSR count). The summed E-state index contributed by atoms with van der Waals surface area (Å²) in [5.74, 6) is -0.138. The van der Waals surface area contributed by atoms with Crippen LogP contribution in [0, 0.1) is 0 Å². The van der Waals surface area contributed by atoms with Crippen molar-refractivity contribution in [1.29, 1.82) is 0 Å². The van der Waals surface area contributed by atoms with Crippen molar-refractivity contribution in [3.63, 3.8) is 0 Å². The summed E-state index contributed by atoms with van der Waals surface area (Å²) in [5, 5.41) is 0. The largest absolute Gasteiger partial charge is 0.491 e.